The second kappa shape index (κ2) is 9.72. The molecule has 0 aliphatic heterocycles. The van der Waals surface area contributed by atoms with Crippen LogP contribution in [-0.4, -0.2) is 17.7 Å². The second-order valence-electron chi connectivity index (χ2n) is 6.59. The van der Waals surface area contributed by atoms with E-state index in [-0.39, 0.29) is 6.04 Å². The Kier molecular flexibility index (Phi) is 7.63. The quantitative estimate of drug-likeness (QED) is 0.491. The lowest BCUT2D eigenvalue weighted by atomic mass is 9.93. The molecule has 0 saturated carbocycles. The van der Waals surface area contributed by atoms with Crippen LogP contribution in [0.15, 0.2) is 42.5 Å². The van der Waals surface area contributed by atoms with E-state index in [0.717, 1.165) is 0 Å². The molecule has 0 radical (unpaired) electrons. The molecule has 1 atom stereocenters. The normalized spacial score (nSPS) is 11.8. The number of halogens is 1. The fourth-order valence-electron chi connectivity index (χ4n) is 2.82. The van der Waals surface area contributed by atoms with Crippen molar-refractivity contribution in [3.63, 3.8) is 0 Å². The first-order valence-electron chi connectivity index (χ1n) is 8.93. The van der Waals surface area contributed by atoms with Gasteiger partial charge in [0.15, 0.2) is 5.11 Å². The van der Waals surface area contributed by atoms with Crippen molar-refractivity contribution in [2.45, 2.75) is 33.7 Å². The third-order valence-corrected chi connectivity index (χ3v) is 4.75. The van der Waals surface area contributed by atoms with Gasteiger partial charge in [0.05, 0.1) is 23.2 Å². The van der Waals surface area contributed by atoms with Gasteiger partial charge in [0.1, 0.15) is 0 Å². The van der Waals surface area contributed by atoms with Crippen LogP contribution in [0.3, 0.4) is 0 Å². The van der Waals surface area contributed by atoms with Crippen molar-refractivity contribution in [2.75, 3.05) is 11.9 Å². The number of benzene rings is 2. The fraction of sp³-hybridized carbons (Fsp3) is 0.333. The van der Waals surface area contributed by atoms with Gasteiger partial charge in [-0.05, 0) is 61.3 Å². The van der Waals surface area contributed by atoms with Crippen LogP contribution in [0.25, 0.3) is 0 Å². The van der Waals surface area contributed by atoms with E-state index in [1.807, 2.05) is 12.1 Å². The van der Waals surface area contributed by atoms with Crippen LogP contribution in [0.5, 0.6) is 0 Å². The third-order valence-electron chi connectivity index (χ3n) is 4.20. The number of hydrogen-bond acceptors (Lipinski definition) is 3. The zero-order chi connectivity index (χ0) is 20.0. The maximum atomic E-state index is 12.0. The van der Waals surface area contributed by atoms with Gasteiger partial charge in [-0.15, -0.1) is 0 Å². The van der Waals surface area contributed by atoms with Gasteiger partial charge in [-0.2, -0.15) is 0 Å². The van der Waals surface area contributed by atoms with Gasteiger partial charge in [0.2, 0.25) is 0 Å². The molecule has 0 bridgehead atoms. The van der Waals surface area contributed by atoms with Crippen LogP contribution >= 0.6 is 23.8 Å². The number of esters is 1. The minimum absolute atomic E-state index is 0.0722. The van der Waals surface area contributed by atoms with Gasteiger partial charge >= 0.3 is 5.97 Å². The van der Waals surface area contributed by atoms with E-state index >= 15 is 0 Å². The molecule has 144 valence electrons. The molecule has 0 unspecified atom stereocenters. The highest BCUT2D eigenvalue weighted by Gasteiger charge is 2.19. The molecule has 4 nitrogen and oxygen atoms in total. The largest absolute Gasteiger partial charge is 0.462 e. The first-order chi connectivity index (χ1) is 12.8. The Morgan fingerprint density at radius 1 is 1.22 bits per heavy atom. The predicted molar refractivity (Wildman–Crippen MR) is 116 cm³/mol. The van der Waals surface area contributed by atoms with Gasteiger partial charge in [0, 0.05) is 5.69 Å². The van der Waals surface area contributed by atoms with Gasteiger partial charge in [-0.25, -0.2) is 4.79 Å². The summed E-state index contributed by atoms with van der Waals surface area (Å²) in [6.07, 6.45) is 0. The van der Waals surface area contributed by atoms with E-state index in [1.54, 1.807) is 25.1 Å². The Hall–Kier alpha value is -2.11. The number of anilines is 1. The molecule has 0 heterocycles. The maximum absolute atomic E-state index is 12.0. The Balaban J connectivity index is 2.15. The van der Waals surface area contributed by atoms with E-state index in [2.05, 4.69) is 43.5 Å². The third kappa shape index (κ3) is 5.68. The van der Waals surface area contributed by atoms with Crippen molar-refractivity contribution in [2.24, 2.45) is 5.92 Å². The van der Waals surface area contributed by atoms with Crippen molar-refractivity contribution in [1.29, 1.82) is 0 Å². The monoisotopic (exact) mass is 404 g/mol. The van der Waals surface area contributed by atoms with Crippen LogP contribution < -0.4 is 10.6 Å². The molecule has 0 amide bonds. The van der Waals surface area contributed by atoms with Crippen LogP contribution in [0.4, 0.5) is 5.69 Å². The zero-order valence-electron chi connectivity index (χ0n) is 16.0. The van der Waals surface area contributed by atoms with Crippen LogP contribution in [0.1, 0.15) is 48.3 Å². The average Bonchev–Trinajstić information content (AvgIpc) is 2.62. The smallest absolute Gasteiger partial charge is 0.339 e. The summed E-state index contributed by atoms with van der Waals surface area (Å²) in [5, 5.41) is 7.34. The number of nitrogens with one attached hydrogen (secondary N) is 2. The highest BCUT2D eigenvalue weighted by molar-refractivity contribution is 7.80. The molecular formula is C21H25ClN2O2S. The van der Waals surface area contributed by atoms with Gasteiger partial charge in [0.25, 0.3) is 0 Å². The highest BCUT2D eigenvalue weighted by atomic mass is 35.5. The van der Waals surface area contributed by atoms with Crippen LogP contribution in [0, 0.1) is 12.8 Å². The predicted octanol–water partition coefficient (Wildman–Crippen LogP) is 5.51. The Morgan fingerprint density at radius 3 is 2.56 bits per heavy atom. The van der Waals surface area contributed by atoms with Gasteiger partial charge in [-0.1, -0.05) is 49.7 Å². The summed E-state index contributed by atoms with van der Waals surface area (Å²) in [5.41, 5.74) is 3.40. The summed E-state index contributed by atoms with van der Waals surface area (Å²) in [6, 6.07) is 13.4. The number of ether oxygens (including phenoxy) is 1. The Labute approximate surface area is 171 Å². The molecule has 0 fully saturated rings. The number of carbonyl (C=O) groups excluding carboxylic acids is 1. The average molecular weight is 405 g/mol. The van der Waals surface area contributed by atoms with E-state index < -0.39 is 5.97 Å². The Bertz CT molecular complexity index is 824. The minimum Gasteiger partial charge on any atom is -0.462 e. The van der Waals surface area contributed by atoms with Crippen molar-refractivity contribution >= 4 is 40.6 Å². The molecule has 2 rings (SSSR count). The lowest BCUT2D eigenvalue weighted by Gasteiger charge is -2.26. The summed E-state index contributed by atoms with van der Waals surface area (Å²) in [5.74, 6) is -0.115. The molecule has 2 aromatic carbocycles. The topological polar surface area (TPSA) is 50.4 Å². The summed E-state index contributed by atoms with van der Waals surface area (Å²) >= 11 is 11.6. The first kappa shape index (κ1) is 21.2. The second-order valence-corrected chi connectivity index (χ2v) is 7.41. The molecule has 0 aliphatic carbocycles. The van der Waals surface area contributed by atoms with Crippen LogP contribution in [0.2, 0.25) is 5.02 Å². The summed E-state index contributed by atoms with van der Waals surface area (Å²) in [7, 11) is 0. The first-order valence-corrected chi connectivity index (χ1v) is 9.71. The van der Waals surface area contributed by atoms with E-state index in [4.69, 9.17) is 28.6 Å². The molecule has 0 spiro atoms. The van der Waals surface area contributed by atoms with Crippen molar-refractivity contribution < 1.29 is 9.53 Å². The standard InChI is InChI=1S/C21H25ClN2O2S/c1-5-26-20(25)17-12-15(10-11-18(17)22)23-21(27)24-19(13(2)3)16-9-7-6-8-14(16)4/h6-13,19H,5H2,1-4H3,(H2,23,24,27)/t19-/m0/s1. The molecule has 0 aliphatic rings. The lowest BCUT2D eigenvalue weighted by molar-refractivity contribution is 0.0526. The van der Waals surface area contributed by atoms with Gasteiger partial charge in [-0.3, -0.25) is 0 Å². The molecule has 0 saturated heterocycles. The van der Waals surface area contributed by atoms with Crippen molar-refractivity contribution in [3.05, 3.63) is 64.2 Å². The number of carbonyl (C=O) groups is 1. The minimum atomic E-state index is -0.454. The lowest BCUT2D eigenvalue weighted by Crippen LogP contribution is -2.35. The molecular weight excluding hydrogens is 380 g/mol. The summed E-state index contributed by atoms with van der Waals surface area (Å²) in [4.78, 5) is 12.0. The number of rotatable bonds is 6. The molecule has 2 aromatic rings. The van der Waals surface area contributed by atoms with Crippen molar-refractivity contribution in [3.8, 4) is 0 Å². The van der Waals surface area contributed by atoms with E-state index in [0.29, 0.717) is 33.9 Å². The Morgan fingerprint density at radius 2 is 1.93 bits per heavy atom. The van der Waals surface area contributed by atoms with E-state index in [1.165, 1.54) is 11.1 Å². The maximum Gasteiger partial charge on any atom is 0.339 e. The van der Waals surface area contributed by atoms with E-state index in [9.17, 15) is 4.79 Å². The molecule has 2 N–H and O–H groups in total. The van der Waals surface area contributed by atoms with Crippen molar-refractivity contribution in [1.82, 2.24) is 5.32 Å². The SMILES string of the molecule is CCOC(=O)c1cc(NC(=S)N[C@H](c2ccccc2C)C(C)C)ccc1Cl. The molecule has 0 aromatic heterocycles. The summed E-state index contributed by atoms with van der Waals surface area (Å²) in [6.45, 7) is 8.43. The van der Waals surface area contributed by atoms with Gasteiger partial charge < -0.3 is 15.4 Å². The fourth-order valence-corrected chi connectivity index (χ4v) is 3.26. The highest BCUT2D eigenvalue weighted by Crippen LogP contribution is 2.25. The zero-order valence-corrected chi connectivity index (χ0v) is 17.6. The molecule has 27 heavy (non-hydrogen) atoms. The number of hydrogen-bond donors (Lipinski definition) is 2. The van der Waals surface area contributed by atoms with Crippen LogP contribution in [-0.2, 0) is 4.74 Å². The molecule has 6 heteroatoms. The summed E-state index contributed by atoms with van der Waals surface area (Å²) < 4.78 is 5.04. The number of aryl methyl sites for hydroxylation is 1. The number of thiocarbonyl (C=S) groups is 1.